The molecule has 5 heteroatoms. The van der Waals surface area contributed by atoms with E-state index in [1.54, 1.807) is 0 Å². The van der Waals surface area contributed by atoms with E-state index in [0.717, 1.165) is 79.7 Å². The van der Waals surface area contributed by atoms with Gasteiger partial charge >= 0.3 is 0 Å². The van der Waals surface area contributed by atoms with Crippen LogP contribution in [0.15, 0.2) is 85.5 Å². The number of hydrogen-bond donors (Lipinski definition) is 1. The van der Waals surface area contributed by atoms with Crippen molar-refractivity contribution in [3.63, 3.8) is 0 Å². The van der Waals surface area contributed by atoms with Gasteiger partial charge in [0.05, 0.1) is 17.6 Å². The number of para-hydroxylation sites is 3. The molecule has 5 nitrogen and oxygen atoms in total. The summed E-state index contributed by atoms with van der Waals surface area (Å²) >= 11 is 0. The van der Waals surface area contributed by atoms with Crippen LogP contribution < -0.4 is 10.1 Å². The molecule has 38 heavy (non-hydrogen) atoms. The Bertz CT molecular complexity index is 1340. The van der Waals surface area contributed by atoms with Gasteiger partial charge in [-0.3, -0.25) is 4.79 Å². The number of fused-ring (bicyclic) bond motifs is 1. The Morgan fingerprint density at radius 2 is 1.82 bits per heavy atom. The number of rotatable bonds is 15. The zero-order valence-corrected chi connectivity index (χ0v) is 22.5. The summed E-state index contributed by atoms with van der Waals surface area (Å²) in [6, 6.07) is 24.3. The number of amides is 1. The van der Waals surface area contributed by atoms with E-state index in [-0.39, 0.29) is 5.91 Å². The molecule has 4 aromatic rings. The molecule has 198 valence electrons. The number of nitrogens with zero attached hydrogens (tertiary/aromatic N) is 2. The third kappa shape index (κ3) is 7.58. The summed E-state index contributed by atoms with van der Waals surface area (Å²) < 4.78 is 8.45. The molecule has 0 fully saturated rings. The number of imidazole rings is 1. The Morgan fingerprint density at radius 3 is 2.68 bits per heavy atom. The number of unbranched alkanes of at least 4 members (excludes halogenated alkanes) is 3. The summed E-state index contributed by atoms with van der Waals surface area (Å²) in [6.45, 7) is 8.17. The second-order valence-electron chi connectivity index (χ2n) is 9.76. The Kier molecular flexibility index (Phi) is 10.1. The van der Waals surface area contributed by atoms with Crippen LogP contribution in [0, 0.1) is 6.92 Å². The Labute approximate surface area is 226 Å². The standard InChI is InChI=1S/C33H39N3O2/c1-3-14-27-16-6-9-20-31(27)38-24-12-11-23-36-30-19-8-7-18-29(30)35-32(36)21-5-4-10-22-34-33(37)28-17-13-15-26(2)25-28/h3,6-9,13,15-20,25H,1,4-5,10-12,14,21-24H2,2H3,(H,34,37). The monoisotopic (exact) mass is 509 g/mol. The third-order valence-corrected chi connectivity index (χ3v) is 6.75. The van der Waals surface area contributed by atoms with Crippen molar-refractivity contribution in [2.24, 2.45) is 0 Å². The van der Waals surface area contributed by atoms with E-state index in [9.17, 15) is 4.79 Å². The highest BCUT2D eigenvalue weighted by Crippen LogP contribution is 2.21. The molecule has 1 amide bonds. The van der Waals surface area contributed by atoms with Crippen LogP contribution in [0.3, 0.4) is 0 Å². The lowest BCUT2D eigenvalue weighted by atomic mass is 10.1. The van der Waals surface area contributed by atoms with Crippen molar-refractivity contribution >= 4 is 16.9 Å². The van der Waals surface area contributed by atoms with Crippen molar-refractivity contribution in [2.45, 2.75) is 58.4 Å². The fourth-order valence-corrected chi connectivity index (χ4v) is 4.76. The van der Waals surface area contributed by atoms with Crippen LogP contribution in [0.1, 0.15) is 59.4 Å². The first kappa shape index (κ1) is 27.2. The summed E-state index contributed by atoms with van der Waals surface area (Å²) in [6.07, 6.45) is 8.74. The summed E-state index contributed by atoms with van der Waals surface area (Å²) in [7, 11) is 0. The normalized spacial score (nSPS) is 11.0. The fourth-order valence-electron chi connectivity index (χ4n) is 4.76. The maximum atomic E-state index is 12.3. The molecule has 1 N–H and O–H groups in total. The number of aryl methyl sites for hydroxylation is 3. The molecular weight excluding hydrogens is 470 g/mol. The molecule has 1 aromatic heterocycles. The number of carbonyl (C=O) groups is 1. The van der Waals surface area contributed by atoms with Crippen molar-refractivity contribution in [1.29, 1.82) is 0 Å². The first-order chi connectivity index (χ1) is 18.7. The number of ether oxygens (including phenoxy) is 1. The average molecular weight is 510 g/mol. The highest BCUT2D eigenvalue weighted by Gasteiger charge is 2.11. The van der Waals surface area contributed by atoms with Crippen molar-refractivity contribution in [3.8, 4) is 5.75 Å². The number of benzene rings is 3. The first-order valence-corrected chi connectivity index (χ1v) is 13.8. The maximum absolute atomic E-state index is 12.3. The van der Waals surface area contributed by atoms with E-state index in [2.05, 4.69) is 46.8 Å². The largest absolute Gasteiger partial charge is 0.493 e. The highest BCUT2D eigenvalue weighted by atomic mass is 16.5. The van der Waals surface area contributed by atoms with E-state index >= 15 is 0 Å². The van der Waals surface area contributed by atoms with Crippen molar-refractivity contribution < 1.29 is 9.53 Å². The minimum absolute atomic E-state index is 0.00339. The average Bonchev–Trinajstić information content (AvgIpc) is 3.28. The molecule has 4 rings (SSSR count). The van der Waals surface area contributed by atoms with Crippen LogP contribution >= 0.6 is 0 Å². The van der Waals surface area contributed by atoms with E-state index < -0.39 is 0 Å². The number of nitrogens with one attached hydrogen (secondary N) is 1. The van der Waals surface area contributed by atoms with Crippen LogP contribution in [-0.4, -0.2) is 28.6 Å². The van der Waals surface area contributed by atoms with E-state index in [0.29, 0.717) is 13.2 Å². The van der Waals surface area contributed by atoms with Crippen LogP contribution in [-0.2, 0) is 19.4 Å². The van der Waals surface area contributed by atoms with Crippen LogP contribution in [0.4, 0.5) is 0 Å². The van der Waals surface area contributed by atoms with Gasteiger partial charge in [-0.15, -0.1) is 6.58 Å². The van der Waals surface area contributed by atoms with Gasteiger partial charge in [-0.2, -0.15) is 0 Å². The van der Waals surface area contributed by atoms with Gasteiger partial charge in [-0.1, -0.05) is 60.5 Å². The summed E-state index contributed by atoms with van der Waals surface area (Å²) in [5.41, 5.74) is 5.26. The van der Waals surface area contributed by atoms with Gasteiger partial charge in [0.1, 0.15) is 11.6 Å². The van der Waals surface area contributed by atoms with Gasteiger partial charge in [-0.05, 0) is 74.9 Å². The molecule has 0 saturated carbocycles. The first-order valence-electron chi connectivity index (χ1n) is 13.8. The SMILES string of the molecule is C=CCc1ccccc1OCCCCn1c(CCCCCNC(=O)c2cccc(C)c2)nc2ccccc21. The molecule has 0 saturated heterocycles. The summed E-state index contributed by atoms with van der Waals surface area (Å²) in [5, 5.41) is 3.04. The molecule has 3 aromatic carbocycles. The second kappa shape index (κ2) is 14.2. The topological polar surface area (TPSA) is 56.1 Å². The lowest BCUT2D eigenvalue weighted by molar-refractivity contribution is 0.0953. The summed E-state index contributed by atoms with van der Waals surface area (Å²) in [4.78, 5) is 17.3. The molecule has 0 unspecified atom stereocenters. The van der Waals surface area contributed by atoms with Gasteiger partial charge in [0, 0.05) is 25.1 Å². The van der Waals surface area contributed by atoms with Crippen LogP contribution in [0.25, 0.3) is 11.0 Å². The number of carbonyl (C=O) groups excluding carboxylic acids is 1. The fraction of sp³-hybridized carbons (Fsp3) is 0.333. The Balaban J connectivity index is 1.23. The zero-order valence-electron chi connectivity index (χ0n) is 22.5. The summed E-state index contributed by atoms with van der Waals surface area (Å²) in [5.74, 6) is 2.10. The van der Waals surface area contributed by atoms with E-state index in [1.165, 1.54) is 11.1 Å². The molecule has 0 bridgehead atoms. The quantitative estimate of drug-likeness (QED) is 0.138. The van der Waals surface area contributed by atoms with Crippen molar-refractivity contribution in [2.75, 3.05) is 13.2 Å². The smallest absolute Gasteiger partial charge is 0.251 e. The lowest BCUT2D eigenvalue weighted by Gasteiger charge is -2.12. The predicted octanol–water partition coefficient (Wildman–Crippen LogP) is 7.08. The van der Waals surface area contributed by atoms with Gasteiger partial charge in [0.2, 0.25) is 0 Å². The molecule has 0 aliphatic heterocycles. The molecule has 0 spiro atoms. The number of aromatic nitrogens is 2. The van der Waals surface area contributed by atoms with Crippen LogP contribution in [0.5, 0.6) is 5.75 Å². The number of hydrogen-bond acceptors (Lipinski definition) is 3. The third-order valence-electron chi connectivity index (χ3n) is 6.75. The van der Waals surface area contributed by atoms with Crippen molar-refractivity contribution in [1.82, 2.24) is 14.9 Å². The molecule has 0 aliphatic rings. The molecule has 0 radical (unpaired) electrons. The Hall–Kier alpha value is -3.86. The Morgan fingerprint density at radius 1 is 0.974 bits per heavy atom. The molecule has 1 heterocycles. The van der Waals surface area contributed by atoms with Gasteiger partial charge in [0.25, 0.3) is 5.91 Å². The van der Waals surface area contributed by atoms with Gasteiger partial charge < -0.3 is 14.6 Å². The van der Waals surface area contributed by atoms with Gasteiger partial charge in [0.15, 0.2) is 0 Å². The van der Waals surface area contributed by atoms with Crippen molar-refractivity contribution in [3.05, 3.63) is 108 Å². The minimum Gasteiger partial charge on any atom is -0.493 e. The van der Waals surface area contributed by atoms with E-state index in [1.807, 2.05) is 55.5 Å². The molecule has 0 aliphatic carbocycles. The molecular formula is C33H39N3O2. The predicted molar refractivity (Wildman–Crippen MR) is 156 cm³/mol. The zero-order chi connectivity index (χ0) is 26.6. The second-order valence-corrected chi connectivity index (χ2v) is 9.76. The molecule has 0 atom stereocenters. The van der Waals surface area contributed by atoms with E-state index in [4.69, 9.17) is 9.72 Å². The highest BCUT2D eigenvalue weighted by molar-refractivity contribution is 5.94. The maximum Gasteiger partial charge on any atom is 0.251 e. The minimum atomic E-state index is 0.00339. The number of allylic oxidation sites excluding steroid dienone is 1. The van der Waals surface area contributed by atoms with Gasteiger partial charge in [-0.25, -0.2) is 4.98 Å². The lowest BCUT2D eigenvalue weighted by Crippen LogP contribution is -2.24. The van der Waals surface area contributed by atoms with Crippen LogP contribution in [0.2, 0.25) is 0 Å².